The molecule has 4 nitrogen and oxygen atoms in total. The first kappa shape index (κ1) is 12.2. The number of carboxylic acids is 1. The van der Waals surface area contributed by atoms with Crippen LogP contribution in [-0.2, 0) is 9.59 Å². The third kappa shape index (κ3) is 4.13. The Kier molecular flexibility index (Phi) is 4.51. The second kappa shape index (κ2) is 5.90. The normalized spacial score (nSPS) is 11.8. The molecule has 0 saturated heterocycles. The molecule has 1 rings (SSSR count). The monoisotopic (exact) mass is 220 g/mol. The van der Waals surface area contributed by atoms with E-state index < -0.39 is 5.97 Å². The van der Waals surface area contributed by atoms with Crippen LogP contribution in [-0.4, -0.2) is 11.9 Å². The van der Waals surface area contributed by atoms with E-state index in [4.69, 9.17) is 0 Å². The van der Waals surface area contributed by atoms with E-state index in [1.54, 1.807) is 0 Å². The van der Waals surface area contributed by atoms with Gasteiger partial charge in [-0.25, -0.2) is 0 Å². The van der Waals surface area contributed by atoms with E-state index in [-0.39, 0.29) is 24.8 Å². The highest BCUT2D eigenvalue weighted by Gasteiger charge is 2.08. The highest BCUT2D eigenvalue weighted by Crippen LogP contribution is 2.11. The third-order valence-corrected chi connectivity index (χ3v) is 2.23. The van der Waals surface area contributed by atoms with Crippen LogP contribution in [0.5, 0.6) is 0 Å². The number of nitrogens with one attached hydrogen (secondary N) is 1. The molecule has 86 valence electrons. The van der Waals surface area contributed by atoms with Crippen LogP contribution in [0.4, 0.5) is 0 Å². The van der Waals surface area contributed by atoms with E-state index in [1.807, 2.05) is 37.3 Å². The summed E-state index contributed by atoms with van der Waals surface area (Å²) in [4.78, 5) is 21.5. The fourth-order valence-corrected chi connectivity index (χ4v) is 1.35. The SMILES string of the molecule is C[C@@H](NC(=O)CCC(=O)[O-])c1ccccc1. The van der Waals surface area contributed by atoms with Crippen LogP contribution < -0.4 is 10.4 Å². The van der Waals surface area contributed by atoms with E-state index >= 15 is 0 Å². The molecular weight excluding hydrogens is 206 g/mol. The van der Waals surface area contributed by atoms with Crippen molar-refractivity contribution in [2.24, 2.45) is 0 Å². The number of hydrogen-bond donors (Lipinski definition) is 1. The van der Waals surface area contributed by atoms with Crippen molar-refractivity contribution in [3.05, 3.63) is 35.9 Å². The highest BCUT2D eigenvalue weighted by atomic mass is 16.4. The van der Waals surface area contributed by atoms with Crippen molar-refractivity contribution < 1.29 is 14.7 Å². The van der Waals surface area contributed by atoms with Gasteiger partial charge in [-0.1, -0.05) is 30.3 Å². The van der Waals surface area contributed by atoms with Crippen molar-refractivity contribution in [1.82, 2.24) is 5.32 Å². The maximum atomic E-state index is 11.3. The molecule has 1 aromatic rings. The number of rotatable bonds is 5. The van der Waals surface area contributed by atoms with Crippen molar-refractivity contribution >= 4 is 11.9 Å². The molecule has 1 aromatic carbocycles. The molecular formula is C12H14NO3-. The lowest BCUT2D eigenvalue weighted by Gasteiger charge is -2.14. The first-order valence-electron chi connectivity index (χ1n) is 5.13. The Hall–Kier alpha value is -1.84. The number of benzene rings is 1. The van der Waals surface area contributed by atoms with Crippen molar-refractivity contribution in [1.29, 1.82) is 0 Å². The van der Waals surface area contributed by atoms with E-state index in [0.29, 0.717) is 0 Å². The number of carbonyl (C=O) groups excluding carboxylic acids is 2. The summed E-state index contributed by atoms with van der Waals surface area (Å²) in [5.41, 5.74) is 0.990. The first-order chi connectivity index (χ1) is 7.59. The van der Waals surface area contributed by atoms with Gasteiger partial charge in [0.2, 0.25) is 5.91 Å². The molecule has 0 bridgehead atoms. The Balaban J connectivity index is 2.43. The van der Waals surface area contributed by atoms with Gasteiger partial charge in [0, 0.05) is 12.4 Å². The zero-order chi connectivity index (χ0) is 12.0. The predicted molar refractivity (Wildman–Crippen MR) is 57.2 cm³/mol. The summed E-state index contributed by atoms with van der Waals surface area (Å²) in [6, 6.07) is 9.37. The lowest BCUT2D eigenvalue weighted by molar-refractivity contribution is -0.305. The molecule has 0 aliphatic rings. The Bertz CT molecular complexity index is 362. The van der Waals surface area contributed by atoms with Crippen molar-refractivity contribution in [2.75, 3.05) is 0 Å². The molecule has 1 N–H and O–H groups in total. The average Bonchev–Trinajstić information content (AvgIpc) is 2.27. The number of carbonyl (C=O) groups is 2. The van der Waals surface area contributed by atoms with Crippen LogP contribution in [0.25, 0.3) is 0 Å². The fraction of sp³-hybridized carbons (Fsp3) is 0.333. The van der Waals surface area contributed by atoms with E-state index in [9.17, 15) is 14.7 Å². The van der Waals surface area contributed by atoms with Crippen molar-refractivity contribution in [3.63, 3.8) is 0 Å². The van der Waals surface area contributed by atoms with Crippen LogP contribution in [0.15, 0.2) is 30.3 Å². The second-order valence-electron chi connectivity index (χ2n) is 3.57. The molecule has 1 atom stereocenters. The molecule has 0 aliphatic heterocycles. The number of carboxylic acid groups (broad SMARTS) is 1. The Morgan fingerprint density at radius 2 is 1.88 bits per heavy atom. The van der Waals surface area contributed by atoms with Crippen LogP contribution in [0.3, 0.4) is 0 Å². The largest absolute Gasteiger partial charge is 0.550 e. The summed E-state index contributed by atoms with van der Waals surface area (Å²) in [5.74, 6) is -1.48. The van der Waals surface area contributed by atoms with Crippen LogP contribution in [0, 0.1) is 0 Å². The zero-order valence-corrected chi connectivity index (χ0v) is 9.10. The molecule has 0 heterocycles. The molecule has 0 unspecified atom stereocenters. The molecule has 0 saturated carbocycles. The first-order valence-corrected chi connectivity index (χ1v) is 5.13. The van der Waals surface area contributed by atoms with Gasteiger partial charge < -0.3 is 15.2 Å². The van der Waals surface area contributed by atoms with Gasteiger partial charge in [-0.05, 0) is 18.9 Å². The molecule has 0 aliphatic carbocycles. The minimum absolute atomic E-state index is 0.0422. The van der Waals surface area contributed by atoms with Crippen LogP contribution in [0.1, 0.15) is 31.4 Å². The summed E-state index contributed by atoms with van der Waals surface area (Å²) in [6.45, 7) is 1.85. The molecule has 0 spiro atoms. The van der Waals surface area contributed by atoms with Gasteiger partial charge in [0.1, 0.15) is 0 Å². The summed E-state index contributed by atoms with van der Waals surface area (Å²) in [7, 11) is 0. The van der Waals surface area contributed by atoms with Gasteiger partial charge in [0.25, 0.3) is 0 Å². The Morgan fingerprint density at radius 3 is 2.44 bits per heavy atom. The molecule has 0 aromatic heterocycles. The van der Waals surface area contributed by atoms with Gasteiger partial charge in [0.05, 0.1) is 6.04 Å². The summed E-state index contributed by atoms with van der Waals surface area (Å²) >= 11 is 0. The lowest BCUT2D eigenvalue weighted by Crippen LogP contribution is -2.29. The Morgan fingerprint density at radius 1 is 1.25 bits per heavy atom. The molecule has 0 radical (unpaired) electrons. The Labute approximate surface area is 94.3 Å². The van der Waals surface area contributed by atoms with E-state index in [2.05, 4.69) is 5.32 Å². The van der Waals surface area contributed by atoms with Crippen molar-refractivity contribution in [2.45, 2.75) is 25.8 Å². The summed E-state index contributed by atoms with van der Waals surface area (Å²) < 4.78 is 0. The highest BCUT2D eigenvalue weighted by molar-refractivity contribution is 5.80. The van der Waals surface area contributed by atoms with Gasteiger partial charge in [0.15, 0.2) is 0 Å². The van der Waals surface area contributed by atoms with Crippen molar-refractivity contribution in [3.8, 4) is 0 Å². The molecule has 4 heteroatoms. The van der Waals surface area contributed by atoms with Crippen LogP contribution in [0.2, 0.25) is 0 Å². The maximum absolute atomic E-state index is 11.3. The van der Waals surface area contributed by atoms with Crippen LogP contribution >= 0.6 is 0 Å². The molecule has 16 heavy (non-hydrogen) atoms. The molecule has 1 amide bonds. The topological polar surface area (TPSA) is 69.2 Å². The average molecular weight is 220 g/mol. The summed E-state index contributed by atoms with van der Waals surface area (Å²) in [6.07, 6.45) is -0.285. The minimum atomic E-state index is -1.21. The van der Waals surface area contributed by atoms with E-state index in [1.165, 1.54) is 0 Å². The number of amides is 1. The quantitative estimate of drug-likeness (QED) is 0.780. The predicted octanol–water partition coefficient (Wildman–Crippen LogP) is 0.394. The lowest BCUT2D eigenvalue weighted by atomic mass is 10.1. The number of aliphatic carboxylic acids is 1. The minimum Gasteiger partial charge on any atom is -0.550 e. The third-order valence-electron chi connectivity index (χ3n) is 2.23. The maximum Gasteiger partial charge on any atom is 0.220 e. The van der Waals surface area contributed by atoms with Gasteiger partial charge in [-0.15, -0.1) is 0 Å². The number of hydrogen-bond acceptors (Lipinski definition) is 3. The van der Waals surface area contributed by atoms with Gasteiger partial charge in [-0.2, -0.15) is 0 Å². The smallest absolute Gasteiger partial charge is 0.220 e. The second-order valence-corrected chi connectivity index (χ2v) is 3.57. The summed E-state index contributed by atoms with van der Waals surface area (Å²) in [5, 5.41) is 12.9. The molecule has 0 fully saturated rings. The van der Waals surface area contributed by atoms with Gasteiger partial charge in [-0.3, -0.25) is 4.79 Å². The zero-order valence-electron chi connectivity index (χ0n) is 9.10. The van der Waals surface area contributed by atoms with Gasteiger partial charge >= 0.3 is 0 Å². The fourth-order valence-electron chi connectivity index (χ4n) is 1.35. The van der Waals surface area contributed by atoms with E-state index in [0.717, 1.165) is 5.56 Å². The standard InChI is InChI=1S/C12H15NO3/c1-9(10-5-3-2-4-6-10)13-11(14)7-8-12(15)16/h2-6,9H,7-8H2,1H3,(H,13,14)(H,15,16)/p-1/t9-/m1/s1.